The van der Waals surface area contributed by atoms with Crippen LogP contribution in [0.3, 0.4) is 0 Å². The van der Waals surface area contributed by atoms with Gasteiger partial charge in [-0.05, 0) is 26.2 Å². The van der Waals surface area contributed by atoms with Crippen LogP contribution in [-0.4, -0.2) is 80.4 Å². The summed E-state index contributed by atoms with van der Waals surface area (Å²) in [5.74, 6) is -0.135. The van der Waals surface area contributed by atoms with Crippen molar-refractivity contribution in [2.45, 2.75) is 32.2 Å². The Kier molecular flexibility index (Phi) is 4.39. The summed E-state index contributed by atoms with van der Waals surface area (Å²) in [4.78, 5) is 29.1. The molecule has 23 heavy (non-hydrogen) atoms. The van der Waals surface area contributed by atoms with Gasteiger partial charge in [0.2, 0.25) is 11.8 Å². The van der Waals surface area contributed by atoms with E-state index >= 15 is 0 Å². The minimum Gasteiger partial charge on any atom is -0.378 e. The van der Waals surface area contributed by atoms with Gasteiger partial charge in [0.15, 0.2) is 9.84 Å². The third-order valence-electron chi connectivity index (χ3n) is 5.12. The average Bonchev–Trinajstić information content (AvgIpc) is 3.28. The van der Waals surface area contributed by atoms with Crippen molar-refractivity contribution in [3.8, 4) is 0 Å². The van der Waals surface area contributed by atoms with Crippen molar-refractivity contribution < 1.29 is 22.7 Å². The Bertz CT molecular complexity index is 593. The molecule has 1 atom stereocenters. The van der Waals surface area contributed by atoms with Gasteiger partial charge < -0.3 is 14.5 Å². The summed E-state index contributed by atoms with van der Waals surface area (Å²) in [6.45, 7) is 4.35. The van der Waals surface area contributed by atoms with Crippen LogP contribution in [0.15, 0.2) is 0 Å². The summed E-state index contributed by atoms with van der Waals surface area (Å²) >= 11 is 0. The number of carbonyl (C=O) groups excluding carboxylic acids is 2. The van der Waals surface area contributed by atoms with E-state index < -0.39 is 15.3 Å². The van der Waals surface area contributed by atoms with Gasteiger partial charge in [-0.2, -0.15) is 0 Å². The lowest BCUT2D eigenvalue weighted by Crippen LogP contribution is -2.52. The standard InChI is InChI=1S/C15H24N2O5S/c1-2-17(12-3-10-23(20,21)11-12)14(19)15(4-5-15)13(18)16-6-8-22-9-7-16/h12H,2-11H2,1H3. The van der Waals surface area contributed by atoms with Gasteiger partial charge in [-0.25, -0.2) is 8.42 Å². The first kappa shape index (κ1) is 16.7. The van der Waals surface area contributed by atoms with Gasteiger partial charge in [0.05, 0.1) is 24.7 Å². The minimum absolute atomic E-state index is 0.0222. The monoisotopic (exact) mass is 344 g/mol. The van der Waals surface area contributed by atoms with Crippen LogP contribution < -0.4 is 0 Å². The molecule has 0 aromatic carbocycles. The molecule has 1 saturated carbocycles. The van der Waals surface area contributed by atoms with Crippen molar-refractivity contribution in [3.05, 3.63) is 0 Å². The van der Waals surface area contributed by atoms with Crippen LogP contribution in [0, 0.1) is 5.41 Å². The van der Waals surface area contributed by atoms with Crippen LogP contribution in [0.5, 0.6) is 0 Å². The van der Waals surface area contributed by atoms with E-state index in [1.807, 2.05) is 6.92 Å². The van der Waals surface area contributed by atoms with Gasteiger partial charge in [0.1, 0.15) is 5.41 Å². The van der Waals surface area contributed by atoms with Crippen LogP contribution in [0.1, 0.15) is 26.2 Å². The lowest BCUT2D eigenvalue weighted by Gasteiger charge is -2.34. The summed E-state index contributed by atoms with van der Waals surface area (Å²) in [5, 5.41) is 0. The fraction of sp³-hybridized carbons (Fsp3) is 0.867. The maximum Gasteiger partial charge on any atom is 0.238 e. The highest BCUT2D eigenvalue weighted by molar-refractivity contribution is 7.91. The number of hydrogen-bond acceptors (Lipinski definition) is 5. The largest absolute Gasteiger partial charge is 0.378 e. The molecule has 0 N–H and O–H groups in total. The summed E-state index contributed by atoms with van der Waals surface area (Å²) in [7, 11) is -3.06. The molecule has 0 radical (unpaired) electrons. The molecule has 3 rings (SSSR count). The fourth-order valence-electron chi connectivity index (χ4n) is 3.58. The summed E-state index contributed by atoms with van der Waals surface area (Å²) in [6, 6.07) is -0.285. The Morgan fingerprint density at radius 2 is 1.91 bits per heavy atom. The number of amides is 2. The van der Waals surface area contributed by atoms with Crippen LogP contribution in [0.4, 0.5) is 0 Å². The van der Waals surface area contributed by atoms with Crippen molar-refractivity contribution in [3.63, 3.8) is 0 Å². The molecule has 0 aromatic rings. The van der Waals surface area contributed by atoms with Crippen LogP contribution in [0.25, 0.3) is 0 Å². The molecule has 2 amide bonds. The third-order valence-corrected chi connectivity index (χ3v) is 6.87. The number of rotatable bonds is 4. The van der Waals surface area contributed by atoms with Gasteiger partial charge in [0, 0.05) is 25.7 Å². The van der Waals surface area contributed by atoms with E-state index in [1.165, 1.54) is 0 Å². The molecule has 2 heterocycles. The first-order chi connectivity index (χ1) is 10.9. The van der Waals surface area contributed by atoms with E-state index in [-0.39, 0.29) is 29.4 Å². The number of sulfone groups is 1. The van der Waals surface area contributed by atoms with Crippen molar-refractivity contribution >= 4 is 21.7 Å². The molecule has 0 aromatic heterocycles. The zero-order valence-corrected chi connectivity index (χ0v) is 14.3. The molecule has 0 bridgehead atoms. The zero-order valence-electron chi connectivity index (χ0n) is 13.5. The topological polar surface area (TPSA) is 84.0 Å². The van der Waals surface area contributed by atoms with Crippen molar-refractivity contribution in [2.75, 3.05) is 44.4 Å². The highest BCUT2D eigenvalue weighted by atomic mass is 32.2. The van der Waals surface area contributed by atoms with Crippen LogP contribution in [-0.2, 0) is 24.2 Å². The second kappa shape index (κ2) is 6.05. The van der Waals surface area contributed by atoms with E-state index in [0.717, 1.165) is 0 Å². The van der Waals surface area contributed by atoms with Gasteiger partial charge in [-0.3, -0.25) is 9.59 Å². The number of carbonyl (C=O) groups is 2. The Labute approximate surface area is 136 Å². The second-order valence-corrected chi connectivity index (χ2v) is 8.86. The molecule has 0 spiro atoms. The molecule has 2 saturated heterocycles. The molecule has 1 unspecified atom stereocenters. The van der Waals surface area contributed by atoms with Gasteiger partial charge >= 0.3 is 0 Å². The minimum atomic E-state index is -3.06. The fourth-order valence-corrected chi connectivity index (χ4v) is 5.31. The molecular weight excluding hydrogens is 320 g/mol. The number of morpholine rings is 1. The lowest BCUT2D eigenvalue weighted by atomic mass is 10.0. The molecular formula is C15H24N2O5S. The Balaban J connectivity index is 1.73. The average molecular weight is 344 g/mol. The van der Waals surface area contributed by atoms with E-state index in [1.54, 1.807) is 9.80 Å². The van der Waals surface area contributed by atoms with Gasteiger partial charge in [-0.15, -0.1) is 0 Å². The summed E-state index contributed by atoms with van der Waals surface area (Å²) in [6.07, 6.45) is 1.61. The molecule has 2 aliphatic heterocycles. The van der Waals surface area contributed by atoms with E-state index in [4.69, 9.17) is 4.74 Å². The second-order valence-electron chi connectivity index (χ2n) is 6.63. The lowest BCUT2D eigenvalue weighted by molar-refractivity contribution is -0.152. The molecule has 3 aliphatic rings. The SMILES string of the molecule is CCN(C(=O)C1(C(=O)N2CCOCC2)CC1)C1CCS(=O)(=O)C1. The van der Waals surface area contributed by atoms with E-state index in [9.17, 15) is 18.0 Å². The van der Waals surface area contributed by atoms with E-state index in [2.05, 4.69) is 0 Å². The maximum absolute atomic E-state index is 13.0. The Morgan fingerprint density at radius 3 is 2.39 bits per heavy atom. The predicted molar refractivity (Wildman–Crippen MR) is 83.5 cm³/mol. The Morgan fingerprint density at radius 1 is 1.26 bits per heavy atom. The molecule has 7 nitrogen and oxygen atoms in total. The number of nitrogens with zero attached hydrogens (tertiary/aromatic N) is 2. The zero-order chi connectivity index (χ0) is 16.7. The molecule has 8 heteroatoms. The quantitative estimate of drug-likeness (QED) is 0.652. The first-order valence-electron chi connectivity index (χ1n) is 8.28. The number of ether oxygens (including phenoxy) is 1. The smallest absolute Gasteiger partial charge is 0.238 e. The van der Waals surface area contributed by atoms with Crippen molar-refractivity contribution in [2.24, 2.45) is 5.41 Å². The third kappa shape index (κ3) is 3.10. The van der Waals surface area contributed by atoms with Crippen LogP contribution >= 0.6 is 0 Å². The molecule has 130 valence electrons. The molecule has 3 fully saturated rings. The van der Waals surface area contributed by atoms with Crippen molar-refractivity contribution in [1.29, 1.82) is 0 Å². The highest BCUT2D eigenvalue weighted by Crippen LogP contribution is 2.49. The Hall–Kier alpha value is -1.15. The number of hydrogen-bond donors (Lipinski definition) is 0. The summed E-state index contributed by atoms with van der Waals surface area (Å²) in [5.41, 5.74) is -0.945. The normalized spacial score (nSPS) is 28.4. The van der Waals surface area contributed by atoms with Crippen molar-refractivity contribution in [1.82, 2.24) is 9.80 Å². The predicted octanol–water partition coefficient (Wildman–Crippen LogP) is -0.339. The first-order valence-corrected chi connectivity index (χ1v) is 10.1. The van der Waals surface area contributed by atoms with Gasteiger partial charge in [0.25, 0.3) is 0 Å². The van der Waals surface area contributed by atoms with E-state index in [0.29, 0.717) is 52.1 Å². The van der Waals surface area contributed by atoms with Crippen LogP contribution in [0.2, 0.25) is 0 Å². The maximum atomic E-state index is 13.0. The molecule has 1 aliphatic carbocycles. The summed E-state index contributed by atoms with van der Waals surface area (Å²) < 4.78 is 28.7. The van der Waals surface area contributed by atoms with Gasteiger partial charge in [-0.1, -0.05) is 0 Å². The highest BCUT2D eigenvalue weighted by Gasteiger charge is 2.60.